The number of hydrogen-bond acceptors (Lipinski definition) is 4. The van der Waals surface area contributed by atoms with E-state index in [1.54, 1.807) is 6.26 Å². The second-order valence-electron chi connectivity index (χ2n) is 6.69. The monoisotopic (exact) mass is 349 g/mol. The molecule has 0 atom stereocenters. The van der Waals surface area contributed by atoms with Crippen molar-refractivity contribution in [2.75, 3.05) is 6.61 Å². The van der Waals surface area contributed by atoms with Gasteiger partial charge in [0.2, 0.25) is 5.28 Å². The molecule has 3 aromatic heterocycles. The lowest BCUT2D eigenvalue weighted by atomic mass is 10.2. The van der Waals surface area contributed by atoms with E-state index < -0.39 is 8.07 Å². The highest BCUT2D eigenvalue weighted by Crippen LogP contribution is 2.28. The van der Waals surface area contributed by atoms with Gasteiger partial charge in [0.05, 0.1) is 6.26 Å². The third-order valence-corrected chi connectivity index (χ3v) is 5.45. The summed E-state index contributed by atoms with van der Waals surface area (Å²) >= 11 is 6.08. The average molecular weight is 350 g/mol. The summed E-state index contributed by atoms with van der Waals surface area (Å²) in [5, 5.41) is 1.10. The molecule has 0 saturated heterocycles. The van der Waals surface area contributed by atoms with Gasteiger partial charge in [0.1, 0.15) is 18.1 Å². The minimum absolute atomic E-state index is 0.200. The summed E-state index contributed by atoms with van der Waals surface area (Å²) in [5.41, 5.74) is 1.45. The van der Waals surface area contributed by atoms with E-state index in [-0.39, 0.29) is 5.28 Å². The zero-order valence-electron chi connectivity index (χ0n) is 13.5. The maximum Gasteiger partial charge on any atom is 0.225 e. The predicted octanol–water partition coefficient (Wildman–Crippen LogP) is 4.66. The van der Waals surface area contributed by atoms with E-state index in [0.29, 0.717) is 18.2 Å². The van der Waals surface area contributed by atoms with Crippen LogP contribution >= 0.6 is 11.6 Å². The molecule has 0 bridgehead atoms. The van der Waals surface area contributed by atoms with Crippen LogP contribution in [0.15, 0.2) is 35.1 Å². The number of furan rings is 1. The molecule has 0 spiro atoms. The van der Waals surface area contributed by atoms with Crippen molar-refractivity contribution in [1.82, 2.24) is 14.5 Å². The highest BCUT2D eigenvalue weighted by Gasteiger charge is 2.15. The van der Waals surface area contributed by atoms with Crippen LogP contribution in [0.3, 0.4) is 0 Å². The maximum absolute atomic E-state index is 6.08. The van der Waals surface area contributed by atoms with Gasteiger partial charge in [-0.3, -0.25) is 0 Å². The fourth-order valence-corrected chi connectivity index (χ4v) is 3.21. The predicted molar refractivity (Wildman–Crippen MR) is 94.3 cm³/mol. The Morgan fingerprint density at radius 2 is 2.09 bits per heavy atom. The number of ether oxygens (including phenoxy) is 1. The van der Waals surface area contributed by atoms with Gasteiger partial charge < -0.3 is 13.7 Å². The Labute approximate surface area is 141 Å². The van der Waals surface area contributed by atoms with E-state index in [4.69, 9.17) is 20.8 Å². The largest absolute Gasteiger partial charge is 0.463 e. The summed E-state index contributed by atoms with van der Waals surface area (Å²) in [5.74, 6) is 0.678. The summed E-state index contributed by atoms with van der Waals surface area (Å²) in [6.45, 7) is 8.23. The second-order valence-corrected chi connectivity index (χ2v) is 12.6. The number of fused-ring (bicyclic) bond motifs is 1. The molecule has 0 saturated carbocycles. The second kappa shape index (κ2) is 6.47. The van der Waals surface area contributed by atoms with Crippen molar-refractivity contribution < 1.29 is 9.15 Å². The van der Waals surface area contributed by atoms with E-state index in [1.165, 1.54) is 0 Å². The summed E-state index contributed by atoms with van der Waals surface area (Å²) in [6, 6.07) is 6.79. The first-order valence-corrected chi connectivity index (χ1v) is 11.7. The van der Waals surface area contributed by atoms with Gasteiger partial charge in [0.15, 0.2) is 5.76 Å². The first kappa shape index (κ1) is 16.2. The summed E-state index contributed by atoms with van der Waals surface area (Å²) in [6.07, 6.45) is 3.56. The van der Waals surface area contributed by atoms with Gasteiger partial charge in [-0.2, -0.15) is 4.98 Å². The van der Waals surface area contributed by atoms with E-state index in [9.17, 15) is 0 Å². The van der Waals surface area contributed by atoms with Gasteiger partial charge in [-0.15, -0.1) is 0 Å². The molecule has 122 valence electrons. The molecule has 5 nitrogen and oxygen atoms in total. The van der Waals surface area contributed by atoms with Crippen molar-refractivity contribution >= 4 is 30.7 Å². The molecule has 0 aliphatic heterocycles. The van der Waals surface area contributed by atoms with Crippen LogP contribution in [0.25, 0.3) is 22.5 Å². The fourth-order valence-electron chi connectivity index (χ4n) is 2.29. The van der Waals surface area contributed by atoms with Crippen molar-refractivity contribution in [2.45, 2.75) is 32.4 Å². The molecule has 0 N–H and O–H groups in total. The minimum atomic E-state index is -1.08. The normalized spacial score (nSPS) is 12.2. The first-order chi connectivity index (χ1) is 10.9. The Morgan fingerprint density at radius 1 is 1.26 bits per heavy atom. The van der Waals surface area contributed by atoms with Crippen LogP contribution in [0.2, 0.25) is 31.0 Å². The van der Waals surface area contributed by atoms with Crippen LogP contribution in [-0.2, 0) is 11.5 Å². The number of hydrogen-bond donors (Lipinski definition) is 0. The molecule has 0 aliphatic rings. The lowest BCUT2D eigenvalue weighted by Gasteiger charge is -2.15. The number of halogens is 1. The molecule has 3 rings (SSSR count). The zero-order chi connectivity index (χ0) is 16.4. The standard InChI is InChI=1S/C16H20ClN3O2Si/c1-23(2,3)10-9-21-11-20-7-6-12-14(13-5-4-8-22-13)18-16(17)19-15(12)20/h4-8H,9-11H2,1-3H3. The van der Waals surface area contributed by atoms with Crippen LogP contribution in [0, 0.1) is 0 Å². The SMILES string of the molecule is C[Si](C)(C)CCOCn1ccc2c(-c3ccco3)nc(Cl)nc21. The van der Waals surface area contributed by atoms with Crippen molar-refractivity contribution in [3.63, 3.8) is 0 Å². The molecule has 7 heteroatoms. The first-order valence-electron chi connectivity index (χ1n) is 7.58. The molecular weight excluding hydrogens is 330 g/mol. The molecular formula is C16H20ClN3O2Si. The van der Waals surface area contributed by atoms with Crippen LogP contribution in [0.5, 0.6) is 0 Å². The molecule has 0 unspecified atom stereocenters. The molecule has 0 aromatic carbocycles. The molecule has 0 amide bonds. The van der Waals surface area contributed by atoms with Gasteiger partial charge in [0.25, 0.3) is 0 Å². The van der Waals surface area contributed by atoms with Crippen LogP contribution in [-0.4, -0.2) is 29.2 Å². The van der Waals surface area contributed by atoms with Crippen molar-refractivity contribution in [3.05, 3.63) is 35.9 Å². The molecule has 0 aliphatic carbocycles. The third kappa shape index (κ3) is 3.83. The Morgan fingerprint density at radius 3 is 2.78 bits per heavy atom. The average Bonchev–Trinajstić information content (AvgIpc) is 3.12. The van der Waals surface area contributed by atoms with Crippen LogP contribution < -0.4 is 0 Å². The van der Waals surface area contributed by atoms with Crippen molar-refractivity contribution in [2.24, 2.45) is 0 Å². The lowest BCUT2D eigenvalue weighted by Crippen LogP contribution is -2.22. The smallest absolute Gasteiger partial charge is 0.225 e. The Bertz CT molecular complexity index is 794. The third-order valence-electron chi connectivity index (χ3n) is 3.57. The molecule has 3 aromatic rings. The summed E-state index contributed by atoms with van der Waals surface area (Å²) in [7, 11) is -1.08. The lowest BCUT2D eigenvalue weighted by molar-refractivity contribution is 0.0899. The Balaban J connectivity index is 1.83. The van der Waals surface area contributed by atoms with Gasteiger partial charge in [-0.25, -0.2) is 4.98 Å². The number of rotatable bonds is 6. The fraction of sp³-hybridized carbons (Fsp3) is 0.375. The van der Waals surface area contributed by atoms with E-state index >= 15 is 0 Å². The topological polar surface area (TPSA) is 53.1 Å². The molecule has 0 radical (unpaired) electrons. The van der Waals surface area contributed by atoms with Crippen LogP contribution in [0.4, 0.5) is 0 Å². The van der Waals surface area contributed by atoms with Gasteiger partial charge in [0, 0.05) is 26.3 Å². The quantitative estimate of drug-likeness (QED) is 0.369. The van der Waals surface area contributed by atoms with Crippen molar-refractivity contribution in [1.29, 1.82) is 0 Å². The molecule has 0 fully saturated rings. The van der Waals surface area contributed by atoms with Crippen molar-refractivity contribution in [3.8, 4) is 11.5 Å². The van der Waals surface area contributed by atoms with Gasteiger partial charge in [-0.05, 0) is 35.8 Å². The highest BCUT2D eigenvalue weighted by atomic mass is 35.5. The van der Waals surface area contributed by atoms with Gasteiger partial charge >= 0.3 is 0 Å². The maximum atomic E-state index is 6.08. The van der Waals surface area contributed by atoms with E-state index in [1.807, 2.05) is 29.0 Å². The van der Waals surface area contributed by atoms with E-state index in [2.05, 4.69) is 29.6 Å². The summed E-state index contributed by atoms with van der Waals surface area (Å²) < 4.78 is 13.2. The Hall–Kier alpha value is -1.63. The van der Waals surface area contributed by atoms with E-state index in [0.717, 1.165) is 23.7 Å². The summed E-state index contributed by atoms with van der Waals surface area (Å²) in [4.78, 5) is 8.64. The molecule has 23 heavy (non-hydrogen) atoms. The zero-order valence-corrected chi connectivity index (χ0v) is 15.3. The highest BCUT2D eigenvalue weighted by molar-refractivity contribution is 6.76. The minimum Gasteiger partial charge on any atom is -0.463 e. The number of nitrogens with zero attached hydrogens (tertiary/aromatic N) is 3. The van der Waals surface area contributed by atoms with Crippen LogP contribution in [0.1, 0.15) is 0 Å². The Kier molecular flexibility index (Phi) is 4.56. The molecule has 3 heterocycles. The van der Waals surface area contributed by atoms with Gasteiger partial charge in [-0.1, -0.05) is 19.6 Å². The number of aromatic nitrogens is 3.